The third-order valence-corrected chi connectivity index (χ3v) is 8.19. The van der Waals surface area contributed by atoms with Gasteiger partial charge in [-0.25, -0.2) is 14.8 Å². The zero-order chi connectivity index (χ0) is 31.0. The number of rotatable bonds is 10. The van der Waals surface area contributed by atoms with Gasteiger partial charge in [0.2, 0.25) is 0 Å². The highest BCUT2D eigenvalue weighted by atomic mass is 16.1. The SMILES string of the molecule is CC(C)CCn1c(Cn2c(=O)n(Cc3nc4cc(C#N)ccc4n3CCC(C)C)c3cnccc32)nc2cc(C#N)ccc21. The molecule has 0 N–H and O–H groups in total. The third kappa shape index (κ3) is 5.35. The molecule has 222 valence electrons. The molecule has 4 aromatic heterocycles. The molecular weight excluding hydrogens is 550 g/mol. The van der Waals surface area contributed by atoms with E-state index in [9.17, 15) is 15.3 Å². The summed E-state index contributed by atoms with van der Waals surface area (Å²) in [6, 6.07) is 17.4. The van der Waals surface area contributed by atoms with E-state index in [0.717, 1.165) is 65.2 Å². The first kappa shape index (κ1) is 28.9. The van der Waals surface area contributed by atoms with Crippen LogP contribution in [0.2, 0.25) is 0 Å². The van der Waals surface area contributed by atoms with Gasteiger partial charge in [0, 0.05) is 19.3 Å². The lowest BCUT2D eigenvalue weighted by Crippen LogP contribution is -2.27. The molecule has 0 saturated carbocycles. The predicted molar refractivity (Wildman–Crippen MR) is 170 cm³/mol. The Hall–Kier alpha value is -5.22. The summed E-state index contributed by atoms with van der Waals surface area (Å²) in [4.78, 5) is 28.4. The molecule has 0 amide bonds. The highest BCUT2D eigenvalue weighted by Crippen LogP contribution is 2.24. The molecule has 0 radical (unpaired) electrons. The Bertz CT molecular complexity index is 1990. The van der Waals surface area contributed by atoms with E-state index in [1.54, 1.807) is 33.7 Å². The lowest BCUT2D eigenvalue weighted by atomic mass is 10.1. The predicted octanol–water partition coefficient (Wildman–Crippen LogP) is 5.83. The number of aromatic nitrogens is 7. The van der Waals surface area contributed by atoms with Gasteiger partial charge in [-0.1, -0.05) is 27.7 Å². The van der Waals surface area contributed by atoms with Crippen molar-refractivity contribution in [3.8, 4) is 12.1 Å². The summed E-state index contributed by atoms with van der Waals surface area (Å²) >= 11 is 0. The van der Waals surface area contributed by atoms with E-state index in [1.807, 2.05) is 30.3 Å². The third-order valence-electron chi connectivity index (χ3n) is 8.19. The first-order chi connectivity index (χ1) is 21.3. The van der Waals surface area contributed by atoms with E-state index >= 15 is 0 Å². The Morgan fingerprint density at radius 2 is 1.18 bits per heavy atom. The number of imidazole rings is 3. The van der Waals surface area contributed by atoms with Crippen LogP contribution in [0.3, 0.4) is 0 Å². The van der Waals surface area contributed by atoms with Crippen LogP contribution in [0.1, 0.15) is 63.3 Å². The maximum atomic E-state index is 14.2. The number of pyridine rings is 1. The Kier molecular flexibility index (Phi) is 7.75. The molecule has 10 heteroatoms. The molecular formula is C34H35N9O. The topological polar surface area (TPSA) is 123 Å². The van der Waals surface area contributed by atoms with Crippen molar-refractivity contribution in [2.24, 2.45) is 11.8 Å². The van der Waals surface area contributed by atoms with E-state index in [0.29, 0.717) is 28.5 Å². The molecule has 2 aromatic carbocycles. The monoisotopic (exact) mass is 585 g/mol. The Morgan fingerprint density at radius 3 is 1.66 bits per heavy atom. The highest BCUT2D eigenvalue weighted by Gasteiger charge is 2.21. The van der Waals surface area contributed by atoms with Crippen LogP contribution in [-0.4, -0.2) is 33.2 Å². The van der Waals surface area contributed by atoms with Crippen molar-refractivity contribution in [3.05, 3.63) is 88.1 Å². The molecule has 0 spiro atoms. The second-order valence-corrected chi connectivity index (χ2v) is 12.2. The van der Waals surface area contributed by atoms with Gasteiger partial charge in [-0.05, 0) is 67.1 Å². The van der Waals surface area contributed by atoms with Crippen molar-refractivity contribution < 1.29 is 0 Å². The first-order valence-corrected chi connectivity index (χ1v) is 15.1. The molecule has 4 heterocycles. The minimum atomic E-state index is -0.173. The van der Waals surface area contributed by atoms with Gasteiger partial charge in [-0.2, -0.15) is 10.5 Å². The smallest absolute Gasteiger partial charge is 0.326 e. The fraction of sp³-hybridized carbons (Fsp3) is 0.353. The lowest BCUT2D eigenvalue weighted by Gasteiger charge is -2.12. The quantitative estimate of drug-likeness (QED) is 0.199. The highest BCUT2D eigenvalue weighted by molar-refractivity contribution is 5.79. The first-order valence-electron chi connectivity index (χ1n) is 15.1. The van der Waals surface area contributed by atoms with Gasteiger partial charge in [0.15, 0.2) is 0 Å². The van der Waals surface area contributed by atoms with E-state index < -0.39 is 0 Å². The summed E-state index contributed by atoms with van der Waals surface area (Å²) in [6.45, 7) is 10.8. The summed E-state index contributed by atoms with van der Waals surface area (Å²) in [6.07, 6.45) is 5.34. The molecule has 0 bridgehead atoms. The normalized spacial score (nSPS) is 11.7. The van der Waals surface area contributed by atoms with Gasteiger partial charge in [-0.15, -0.1) is 0 Å². The van der Waals surface area contributed by atoms with E-state index in [-0.39, 0.29) is 18.8 Å². The summed E-state index contributed by atoms with van der Waals surface area (Å²) in [5.74, 6) is 2.51. The number of aryl methyl sites for hydroxylation is 2. The maximum Gasteiger partial charge on any atom is 0.329 e. The number of fused-ring (bicyclic) bond motifs is 3. The minimum Gasteiger partial charge on any atom is -0.326 e. The Morgan fingerprint density at radius 1 is 0.682 bits per heavy atom. The molecule has 44 heavy (non-hydrogen) atoms. The number of hydrogen-bond donors (Lipinski definition) is 0. The van der Waals surface area contributed by atoms with Crippen LogP contribution in [0.15, 0.2) is 59.7 Å². The summed E-state index contributed by atoms with van der Waals surface area (Å²) in [5.41, 5.74) is 5.81. The van der Waals surface area contributed by atoms with E-state index in [1.165, 1.54) is 0 Å². The molecule has 0 aliphatic rings. The molecule has 0 atom stereocenters. The molecule has 0 aliphatic heterocycles. The van der Waals surface area contributed by atoms with Crippen molar-refractivity contribution >= 4 is 33.1 Å². The van der Waals surface area contributed by atoms with Crippen molar-refractivity contribution in [2.75, 3.05) is 0 Å². The van der Waals surface area contributed by atoms with Crippen LogP contribution >= 0.6 is 0 Å². The molecule has 0 fully saturated rings. The molecule has 6 aromatic rings. The van der Waals surface area contributed by atoms with Gasteiger partial charge in [0.1, 0.15) is 11.6 Å². The molecule has 0 saturated heterocycles. The molecule has 0 unspecified atom stereocenters. The lowest BCUT2D eigenvalue weighted by molar-refractivity contribution is 0.503. The fourth-order valence-electron chi connectivity index (χ4n) is 5.77. The zero-order valence-electron chi connectivity index (χ0n) is 25.5. The second kappa shape index (κ2) is 11.8. The summed E-state index contributed by atoms with van der Waals surface area (Å²) in [7, 11) is 0. The summed E-state index contributed by atoms with van der Waals surface area (Å²) < 4.78 is 7.83. The number of nitriles is 2. The molecule has 10 nitrogen and oxygen atoms in total. The zero-order valence-corrected chi connectivity index (χ0v) is 25.5. The van der Waals surface area contributed by atoms with Crippen LogP contribution in [0.4, 0.5) is 0 Å². The van der Waals surface area contributed by atoms with Gasteiger partial charge >= 0.3 is 5.69 Å². The van der Waals surface area contributed by atoms with E-state index in [2.05, 4.69) is 54.0 Å². The largest absolute Gasteiger partial charge is 0.329 e. The Labute approximate surface area is 255 Å². The van der Waals surface area contributed by atoms with Crippen LogP contribution in [-0.2, 0) is 26.2 Å². The fourth-order valence-corrected chi connectivity index (χ4v) is 5.77. The van der Waals surface area contributed by atoms with E-state index in [4.69, 9.17) is 9.97 Å². The van der Waals surface area contributed by atoms with Gasteiger partial charge in [0.05, 0.1) is 75.7 Å². The standard InChI is InChI=1S/C34H35N9O/c1-22(2)10-13-40-28-7-5-24(17-35)15-26(28)38-32(40)20-42-30-9-12-37-19-31(30)43(34(42)44)21-33-39-27-16-25(18-36)6-8-29(27)41(33)14-11-23(3)4/h5-9,12,15-16,19,22-23H,10-11,13-14,20-21H2,1-4H3. The maximum absolute atomic E-state index is 14.2. The van der Waals surface area contributed by atoms with Crippen molar-refractivity contribution in [1.29, 1.82) is 10.5 Å². The van der Waals surface area contributed by atoms with Crippen LogP contribution < -0.4 is 5.69 Å². The molecule has 6 rings (SSSR count). The van der Waals surface area contributed by atoms with Crippen molar-refractivity contribution in [2.45, 2.75) is 66.7 Å². The van der Waals surface area contributed by atoms with Crippen molar-refractivity contribution in [1.82, 2.24) is 33.2 Å². The average Bonchev–Trinajstić information content (AvgIpc) is 3.63. The minimum absolute atomic E-state index is 0.173. The number of nitrogens with zero attached hydrogens (tertiary/aromatic N) is 9. The number of benzene rings is 2. The van der Waals surface area contributed by atoms with Gasteiger partial charge in [0.25, 0.3) is 0 Å². The van der Waals surface area contributed by atoms with Gasteiger partial charge < -0.3 is 9.13 Å². The Balaban J connectivity index is 1.46. The number of hydrogen-bond acceptors (Lipinski definition) is 6. The van der Waals surface area contributed by atoms with Crippen molar-refractivity contribution in [3.63, 3.8) is 0 Å². The summed E-state index contributed by atoms with van der Waals surface area (Å²) in [5, 5.41) is 18.9. The molecule has 0 aliphatic carbocycles. The van der Waals surface area contributed by atoms with Gasteiger partial charge in [-0.3, -0.25) is 14.1 Å². The van der Waals surface area contributed by atoms with Crippen LogP contribution in [0, 0.1) is 34.5 Å². The second-order valence-electron chi connectivity index (χ2n) is 12.2. The van der Waals surface area contributed by atoms with Crippen LogP contribution in [0.5, 0.6) is 0 Å². The van der Waals surface area contributed by atoms with Crippen LogP contribution in [0.25, 0.3) is 33.1 Å². The average molecular weight is 586 g/mol.